The van der Waals surface area contributed by atoms with Crippen LogP contribution < -0.4 is 4.74 Å². The lowest BCUT2D eigenvalue weighted by atomic mass is 9.99. The summed E-state index contributed by atoms with van der Waals surface area (Å²) in [5.41, 5.74) is 0.441. The molecule has 0 aromatic heterocycles. The molecule has 1 aromatic carbocycles. The average Bonchev–Trinajstić information content (AvgIpc) is 2.78. The van der Waals surface area contributed by atoms with E-state index < -0.39 is 9.75 Å². The van der Waals surface area contributed by atoms with Crippen LogP contribution in [0.15, 0.2) is 24.3 Å². The molecule has 4 rings (SSSR count). The Morgan fingerprint density at radius 3 is 2.80 bits per heavy atom. The maximum Gasteiger partial charge on any atom is 0.232 e. The normalized spacial score (nSPS) is 36.2. The van der Waals surface area contributed by atoms with E-state index in [-0.39, 0.29) is 18.1 Å². The summed E-state index contributed by atoms with van der Waals surface area (Å²) in [6, 6.07) is 8.04. The number of amides is 1. The Kier molecular flexibility index (Phi) is 2.45. The predicted octanol–water partition coefficient (Wildman–Crippen LogP) is 3.30. The number of hydrogen-bond acceptors (Lipinski definition) is 2. The van der Waals surface area contributed by atoms with Gasteiger partial charge in [0, 0.05) is 12.0 Å². The minimum absolute atomic E-state index is 0.0512. The standard InChI is InChI=1S/C15H15Cl2NO2/c1-14(8-15(14,16)17)13(19)18-7-9-6-11(18)10-4-2-3-5-12(10)20-9/h2-5,9,11H,6-8H2,1H3/t9-,11-,14?/m0/s1. The molecule has 106 valence electrons. The van der Waals surface area contributed by atoms with Crippen molar-refractivity contribution in [3.05, 3.63) is 29.8 Å². The van der Waals surface area contributed by atoms with Gasteiger partial charge in [-0.2, -0.15) is 0 Å². The smallest absolute Gasteiger partial charge is 0.232 e. The first-order chi connectivity index (χ1) is 9.42. The highest BCUT2D eigenvalue weighted by Crippen LogP contribution is 2.65. The highest BCUT2D eigenvalue weighted by atomic mass is 35.5. The fourth-order valence-corrected chi connectivity index (χ4v) is 4.09. The van der Waals surface area contributed by atoms with E-state index in [1.165, 1.54) is 0 Å². The number of carbonyl (C=O) groups is 1. The largest absolute Gasteiger partial charge is 0.488 e. The zero-order valence-corrected chi connectivity index (χ0v) is 12.6. The van der Waals surface area contributed by atoms with E-state index in [0.29, 0.717) is 13.0 Å². The van der Waals surface area contributed by atoms with Crippen LogP contribution in [0.25, 0.3) is 0 Å². The van der Waals surface area contributed by atoms with Gasteiger partial charge >= 0.3 is 0 Å². The first kappa shape index (κ1) is 12.8. The van der Waals surface area contributed by atoms with E-state index in [1.807, 2.05) is 36.1 Å². The van der Waals surface area contributed by atoms with Crippen molar-refractivity contribution < 1.29 is 9.53 Å². The second-order valence-corrected chi connectivity index (χ2v) is 7.68. The van der Waals surface area contributed by atoms with E-state index in [2.05, 4.69) is 0 Å². The molecule has 5 heteroatoms. The number of fused-ring (bicyclic) bond motifs is 4. The van der Waals surface area contributed by atoms with Crippen molar-refractivity contribution in [1.82, 2.24) is 4.90 Å². The number of nitrogens with zero attached hydrogens (tertiary/aromatic N) is 1. The molecule has 2 bridgehead atoms. The number of carbonyl (C=O) groups excluding carboxylic acids is 1. The molecule has 2 heterocycles. The van der Waals surface area contributed by atoms with Crippen LogP contribution in [-0.2, 0) is 4.79 Å². The van der Waals surface area contributed by atoms with Gasteiger partial charge in [0.25, 0.3) is 0 Å². The molecule has 3 nitrogen and oxygen atoms in total. The van der Waals surface area contributed by atoms with E-state index in [4.69, 9.17) is 27.9 Å². The minimum atomic E-state index is -0.916. The third kappa shape index (κ3) is 1.57. The highest BCUT2D eigenvalue weighted by molar-refractivity contribution is 6.53. The lowest BCUT2D eigenvalue weighted by molar-refractivity contribution is -0.137. The van der Waals surface area contributed by atoms with Gasteiger partial charge in [0.1, 0.15) is 16.2 Å². The highest BCUT2D eigenvalue weighted by Gasteiger charge is 2.69. The van der Waals surface area contributed by atoms with Crippen LogP contribution in [0.5, 0.6) is 5.75 Å². The Hall–Kier alpha value is -0.930. The Morgan fingerprint density at radius 1 is 1.40 bits per heavy atom. The van der Waals surface area contributed by atoms with E-state index in [9.17, 15) is 4.79 Å². The van der Waals surface area contributed by atoms with Gasteiger partial charge in [0.2, 0.25) is 5.91 Å². The van der Waals surface area contributed by atoms with Gasteiger partial charge < -0.3 is 9.64 Å². The summed E-state index contributed by atoms with van der Waals surface area (Å²) in [7, 11) is 0. The molecule has 1 amide bonds. The number of ether oxygens (including phenoxy) is 1. The van der Waals surface area contributed by atoms with Crippen molar-refractivity contribution in [2.45, 2.75) is 36.2 Å². The van der Waals surface area contributed by atoms with Crippen LogP contribution in [-0.4, -0.2) is 27.8 Å². The molecule has 2 fully saturated rings. The Bertz CT molecular complexity index is 603. The first-order valence-corrected chi connectivity index (χ1v) is 7.62. The van der Waals surface area contributed by atoms with Crippen molar-refractivity contribution in [3.63, 3.8) is 0 Å². The van der Waals surface area contributed by atoms with Crippen molar-refractivity contribution in [3.8, 4) is 5.75 Å². The van der Waals surface area contributed by atoms with Gasteiger partial charge in [-0.15, -0.1) is 23.2 Å². The van der Waals surface area contributed by atoms with Crippen LogP contribution in [0.1, 0.15) is 31.4 Å². The molecular formula is C15H15Cl2NO2. The molecule has 1 saturated heterocycles. The van der Waals surface area contributed by atoms with Gasteiger partial charge in [-0.05, 0) is 19.4 Å². The van der Waals surface area contributed by atoms with Crippen molar-refractivity contribution in [1.29, 1.82) is 0 Å². The predicted molar refractivity (Wildman–Crippen MR) is 77.1 cm³/mol. The molecule has 1 aliphatic carbocycles. The quantitative estimate of drug-likeness (QED) is 0.745. The summed E-state index contributed by atoms with van der Waals surface area (Å²) in [6.07, 6.45) is 1.47. The molecule has 0 radical (unpaired) electrons. The Labute approximate surface area is 127 Å². The molecule has 2 aliphatic heterocycles. The van der Waals surface area contributed by atoms with Gasteiger partial charge in [-0.3, -0.25) is 4.79 Å². The number of hydrogen-bond donors (Lipinski definition) is 0. The Balaban J connectivity index is 1.68. The third-order valence-electron chi connectivity index (χ3n) is 4.83. The maximum absolute atomic E-state index is 12.8. The SMILES string of the molecule is CC1(C(=O)N2C[C@@H]3C[C@H]2c2ccccc2O3)CC1(Cl)Cl. The summed E-state index contributed by atoms with van der Waals surface area (Å²) >= 11 is 12.3. The summed E-state index contributed by atoms with van der Waals surface area (Å²) in [5.74, 6) is 0.948. The molecule has 1 unspecified atom stereocenters. The van der Waals surface area contributed by atoms with Gasteiger partial charge in [0.05, 0.1) is 18.0 Å². The van der Waals surface area contributed by atoms with Crippen LogP contribution in [0.2, 0.25) is 0 Å². The molecule has 0 N–H and O–H groups in total. The van der Waals surface area contributed by atoms with Crippen molar-refractivity contribution in [2.75, 3.05) is 6.54 Å². The van der Waals surface area contributed by atoms with Gasteiger partial charge in [-0.25, -0.2) is 0 Å². The molecule has 1 aromatic rings. The molecule has 3 atom stereocenters. The monoisotopic (exact) mass is 311 g/mol. The minimum Gasteiger partial charge on any atom is -0.488 e. The fraction of sp³-hybridized carbons (Fsp3) is 0.533. The number of benzene rings is 1. The van der Waals surface area contributed by atoms with Crippen molar-refractivity contribution >= 4 is 29.1 Å². The van der Waals surface area contributed by atoms with Crippen LogP contribution in [0, 0.1) is 5.41 Å². The average molecular weight is 312 g/mol. The molecule has 0 spiro atoms. The molecular weight excluding hydrogens is 297 g/mol. The number of alkyl halides is 2. The van der Waals surface area contributed by atoms with Gasteiger partial charge in [-0.1, -0.05) is 18.2 Å². The lowest BCUT2D eigenvalue weighted by Crippen LogP contribution is -2.38. The fourth-order valence-electron chi connectivity index (χ4n) is 3.39. The maximum atomic E-state index is 12.8. The molecule has 1 saturated carbocycles. The summed E-state index contributed by atoms with van der Waals surface area (Å²) < 4.78 is 5.01. The number of rotatable bonds is 1. The topological polar surface area (TPSA) is 29.5 Å². The van der Waals surface area contributed by atoms with E-state index in [1.54, 1.807) is 0 Å². The second-order valence-electron chi connectivity index (χ2n) is 6.20. The van der Waals surface area contributed by atoms with Crippen LogP contribution >= 0.6 is 23.2 Å². The number of halogens is 2. The summed E-state index contributed by atoms with van der Waals surface area (Å²) in [4.78, 5) is 14.7. The van der Waals surface area contributed by atoms with Gasteiger partial charge in [0.15, 0.2) is 0 Å². The third-order valence-corrected chi connectivity index (χ3v) is 5.93. The first-order valence-electron chi connectivity index (χ1n) is 6.87. The van der Waals surface area contributed by atoms with E-state index >= 15 is 0 Å². The van der Waals surface area contributed by atoms with Crippen LogP contribution in [0.4, 0.5) is 0 Å². The summed E-state index contributed by atoms with van der Waals surface area (Å²) in [5, 5.41) is 0. The van der Waals surface area contributed by atoms with E-state index in [0.717, 1.165) is 17.7 Å². The number of para-hydroxylation sites is 1. The molecule has 3 aliphatic rings. The zero-order chi connectivity index (χ0) is 14.1. The lowest BCUT2D eigenvalue weighted by Gasteiger charge is -2.29. The summed E-state index contributed by atoms with van der Waals surface area (Å²) in [6.45, 7) is 2.47. The second kappa shape index (κ2) is 3.83. The number of likely N-dealkylation sites (tertiary alicyclic amines) is 1. The Morgan fingerprint density at radius 2 is 2.10 bits per heavy atom. The molecule has 20 heavy (non-hydrogen) atoms. The van der Waals surface area contributed by atoms with Crippen molar-refractivity contribution in [2.24, 2.45) is 5.41 Å². The van der Waals surface area contributed by atoms with Crippen LogP contribution in [0.3, 0.4) is 0 Å². The zero-order valence-electron chi connectivity index (χ0n) is 11.1.